The highest BCUT2D eigenvalue weighted by molar-refractivity contribution is 5.94. The van der Waals surface area contributed by atoms with Crippen LogP contribution in [0.4, 0.5) is 11.4 Å². The lowest BCUT2D eigenvalue weighted by Crippen LogP contribution is -2.47. The Labute approximate surface area is 149 Å². The quantitative estimate of drug-likeness (QED) is 0.824. The number of benzene rings is 1. The lowest BCUT2D eigenvalue weighted by atomic mass is 9.49. The molecule has 4 fully saturated rings. The van der Waals surface area contributed by atoms with Gasteiger partial charge in [0.05, 0.1) is 0 Å². The number of hydrogen-bond acceptors (Lipinski definition) is 2. The zero-order valence-electron chi connectivity index (χ0n) is 15.0. The van der Waals surface area contributed by atoms with Crippen molar-refractivity contribution >= 4 is 23.2 Å². The molecule has 0 unspecified atom stereocenters. The summed E-state index contributed by atoms with van der Waals surface area (Å²) in [7, 11) is 0. The molecule has 0 spiro atoms. The van der Waals surface area contributed by atoms with Crippen LogP contribution in [0.2, 0.25) is 0 Å². The molecular formula is C21H28N2O2. The molecule has 4 heteroatoms. The zero-order valence-corrected chi connectivity index (χ0v) is 15.0. The topological polar surface area (TPSA) is 58.2 Å². The third-order valence-corrected chi connectivity index (χ3v) is 6.45. The minimum atomic E-state index is -0.0166. The molecule has 1 aromatic rings. The number of carbonyl (C=O) groups is 2. The number of amides is 2. The van der Waals surface area contributed by atoms with Gasteiger partial charge in [-0.05, 0) is 79.9 Å². The van der Waals surface area contributed by atoms with E-state index in [0.29, 0.717) is 12.8 Å². The Kier molecular flexibility index (Phi) is 4.30. The molecule has 0 saturated heterocycles. The standard InChI is InChI=1S/C21H28N2O2/c1-2-19(24)22-17-4-3-5-18(9-17)23-20(25)13-21-10-14-6-15(11-21)8-16(7-14)12-21/h3-5,9,14-16H,2,6-8,10-13H2,1H3,(H,22,24)(H,23,25). The predicted octanol–water partition coefficient (Wildman–Crippen LogP) is 4.58. The fraction of sp³-hybridized carbons (Fsp3) is 0.619. The summed E-state index contributed by atoms with van der Waals surface area (Å²) in [5.74, 6) is 2.71. The van der Waals surface area contributed by atoms with Crippen LogP contribution in [0, 0.1) is 23.2 Å². The summed E-state index contributed by atoms with van der Waals surface area (Å²) < 4.78 is 0. The highest BCUT2D eigenvalue weighted by atomic mass is 16.2. The van der Waals surface area contributed by atoms with E-state index < -0.39 is 0 Å². The van der Waals surface area contributed by atoms with Crippen LogP contribution in [0.3, 0.4) is 0 Å². The van der Waals surface area contributed by atoms with Gasteiger partial charge in [0.25, 0.3) is 0 Å². The first kappa shape index (κ1) is 16.6. The van der Waals surface area contributed by atoms with Crippen molar-refractivity contribution in [2.75, 3.05) is 10.6 Å². The second-order valence-corrected chi connectivity index (χ2v) is 8.63. The Morgan fingerprint density at radius 1 is 0.960 bits per heavy atom. The molecule has 4 nitrogen and oxygen atoms in total. The van der Waals surface area contributed by atoms with Crippen molar-refractivity contribution < 1.29 is 9.59 Å². The van der Waals surface area contributed by atoms with Gasteiger partial charge in [-0.25, -0.2) is 0 Å². The molecule has 0 radical (unpaired) electrons. The fourth-order valence-corrected chi connectivity index (χ4v) is 5.98. The molecular weight excluding hydrogens is 312 g/mol. The molecule has 0 aromatic heterocycles. The van der Waals surface area contributed by atoms with Gasteiger partial charge >= 0.3 is 0 Å². The number of rotatable bonds is 5. The van der Waals surface area contributed by atoms with Crippen LogP contribution in [-0.4, -0.2) is 11.8 Å². The summed E-state index contributed by atoms with van der Waals surface area (Å²) in [4.78, 5) is 24.2. The van der Waals surface area contributed by atoms with Gasteiger partial charge in [-0.15, -0.1) is 0 Å². The van der Waals surface area contributed by atoms with Crippen LogP contribution in [0.1, 0.15) is 58.3 Å². The summed E-state index contributed by atoms with van der Waals surface area (Å²) in [5, 5.41) is 5.90. The maximum absolute atomic E-state index is 12.7. The maximum Gasteiger partial charge on any atom is 0.224 e. The molecule has 4 bridgehead atoms. The van der Waals surface area contributed by atoms with Crippen LogP contribution in [-0.2, 0) is 9.59 Å². The van der Waals surface area contributed by atoms with Crippen molar-refractivity contribution in [2.45, 2.75) is 58.3 Å². The van der Waals surface area contributed by atoms with Gasteiger partial charge in [0.2, 0.25) is 11.8 Å². The van der Waals surface area contributed by atoms with Crippen molar-refractivity contribution in [1.29, 1.82) is 0 Å². The van der Waals surface area contributed by atoms with Gasteiger partial charge in [-0.1, -0.05) is 13.0 Å². The SMILES string of the molecule is CCC(=O)Nc1cccc(NC(=O)CC23CC4CC(CC(C4)C2)C3)c1. The summed E-state index contributed by atoms with van der Waals surface area (Å²) in [6, 6.07) is 7.44. The van der Waals surface area contributed by atoms with Crippen molar-refractivity contribution in [3.05, 3.63) is 24.3 Å². The van der Waals surface area contributed by atoms with E-state index >= 15 is 0 Å². The molecule has 0 atom stereocenters. The minimum absolute atomic E-state index is 0.0166. The second-order valence-electron chi connectivity index (χ2n) is 8.63. The Morgan fingerprint density at radius 3 is 2.00 bits per heavy atom. The zero-order chi connectivity index (χ0) is 17.4. The van der Waals surface area contributed by atoms with E-state index in [4.69, 9.17) is 0 Å². The van der Waals surface area contributed by atoms with E-state index in [9.17, 15) is 9.59 Å². The maximum atomic E-state index is 12.7. The van der Waals surface area contributed by atoms with E-state index in [1.54, 1.807) is 0 Å². The van der Waals surface area contributed by atoms with Gasteiger partial charge < -0.3 is 10.6 Å². The van der Waals surface area contributed by atoms with Crippen molar-refractivity contribution in [3.63, 3.8) is 0 Å². The number of hydrogen-bond donors (Lipinski definition) is 2. The van der Waals surface area contributed by atoms with E-state index in [-0.39, 0.29) is 17.2 Å². The van der Waals surface area contributed by atoms with Gasteiger partial charge in [0.1, 0.15) is 0 Å². The Morgan fingerprint density at radius 2 is 1.48 bits per heavy atom. The van der Waals surface area contributed by atoms with Gasteiger partial charge in [-0.2, -0.15) is 0 Å². The normalized spacial score (nSPS) is 32.4. The summed E-state index contributed by atoms with van der Waals surface area (Å²) >= 11 is 0. The van der Waals surface area contributed by atoms with Crippen LogP contribution in [0.5, 0.6) is 0 Å². The molecule has 4 aliphatic carbocycles. The molecule has 4 aliphatic rings. The first-order valence-corrected chi connectivity index (χ1v) is 9.73. The molecule has 0 heterocycles. The number of anilines is 2. The largest absolute Gasteiger partial charge is 0.326 e. The van der Waals surface area contributed by atoms with E-state index in [0.717, 1.165) is 29.1 Å². The number of carbonyl (C=O) groups excluding carboxylic acids is 2. The molecule has 2 N–H and O–H groups in total. The van der Waals surface area contributed by atoms with Crippen molar-refractivity contribution in [3.8, 4) is 0 Å². The van der Waals surface area contributed by atoms with Crippen LogP contribution in [0.25, 0.3) is 0 Å². The van der Waals surface area contributed by atoms with Crippen LogP contribution < -0.4 is 10.6 Å². The van der Waals surface area contributed by atoms with Crippen LogP contribution in [0.15, 0.2) is 24.3 Å². The third-order valence-electron chi connectivity index (χ3n) is 6.45. The molecule has 25 heavy (non-hydrogen) atoms. The Bertz CT molecular complexity index is 647. The smallest absolute Gasteiger partial charge is 0.224 e. The fourth-order valence-electron chi connectivity index (χ4n) is 5.98. The predicted molar refractivity (Wildman–Crippen MR) is 99.2 cm³/mol. The van der Waals surface area contributed by atoms with Crippen molar-refractivity contribution in [1.82, 2.24) is 0 Å². The first-order chi connectivity index (χ1) is 12.0. The van der Waals surface area contributed by atoms with Gasteiger partial charge in [0.15, 0.2) is 0 Å². The number of nitrogens with one attached hydrogen (secondary N) is 2. The summed E-state index contributed by atoms with van der Waals surface area (Å²) in [6.07, 6.45) is 9.06. The summed E-state index contributed by atoms with van der Waals surface area (Å²) in [5.41, 5.74) is 1.76. The monoisotopic (exact) mass is 340 g/mol. The second kappa shape index (κ2) is 6.47. The third kappa shape index (κ3) is 3.58. The van der Waals surface area contributed by atoms with Crippen LogP contribution >= 0.6 is 0 Å². The highest BCUT2D eigenvalue weighted by Gasteiger charge is 2.51. The average Bonchev–Trinajstić information content (AvgIpc) is 2.53. The van der Waals surface area contributed by atoms with Gasteiger partial charge in [0, 0.05) is 24.2 Å². The molecule has 4 saturated carbocycles. The van der Waals surface area contributed by atoms with E-state index in [1.807, 2.05) is 31.2 Å². The lowest BCUT2D eigenvalue weighted by Gasteiger charge is -2.56. The average molecular weight is 340 g/mol. The minimum Gasteiger partial charge on any atom is -0.326 e. The van der Waals surface area contributed by atoms with E-state index in [2.05, 4.69) is 10.6 Å². The first-order valence-electron chi connectivity index (χ1n) is 9.73. The molecule has 1 aromatic carbocycles. The summed E-state index contributed by atoms with van der Waals surface area (Å²) in [6.45, 7) is 1.83. The Balaban J connectivity index is 1.39. The van der Waals surface area contributed by atoms with Crippen molar-refractivity contribution in [2.24, 2.45) is 23.2 Å². The molecule has 0 aliphatic heterocycles. The molecule has 5 rings (SSSR count). The van der Waals surface area contributed by atoms with E-state index in [1.165, 1.54) is 38.5 Å². The molecule has 134 valence electrons. The Hall–Kier alpha value is -1.84. The van der Waals surface area contributed by atoms with Gasteiger partial charge in [-0.3, -0.25) is 9.59 Å². The highest BCUT2D eigenvalue weighted by Crippen LogP contribution is 2.61. The molecule has 2 amide bonds. The lowest BCUT2D eigenvalue weighted by molar-refractivity contribution is -0.124.